The second kappa shape index (κ2) is 13.4. The maximum absolute atomic E-state index is 12.6. The number of amides is 1. The maximum Gasteiger partial charge on any atom is 0.407 e. The number of benzene rings is 2. The van der Waals surface area contributed by atoms with Gasteiger partial charge < -0.3 is 24.3 Å². The largest absolute Gasteiger partial charge is 0.460 e. The molecule has 0 bridgehead atoms. The molecule has 0 fully saturated rings. The lowest BCUT2D eigenvalue weighted by molar-refractivity contribution is -0.181. The summed E-state index contributed by atoms with van der Waals surface area (Å²) in [5, 5.41) is 2.68. The molecule has 1 unspecified atom stereocenters. The number of nitrogens with one attached hydrogen (secondary N) is 1. The fourth-order valence-corrected chi connectivity index (χ4v) is 2.89. The summed E-state index contributed by atoms with van der Waals surface area (Å²) in [4.78, 5) is 24.9. The van der Waals surface area contributed by atoms with Gasteiger partial charge in [-0.05, 0) is 31.9 Å². The molecular weight excluding hydrogens is 422 g/mol. The lowest BCUT2D eigenvalue weighted by Gasteiger charge is -2.29. The summed E-state index contributed by atoms with van der Waals surface area (Å²) in [5.41, 5.74) is 1.18. The van der Waals surface area contributed by atoms with Gasteiger partial charge in [0.1, 0.15) is 12.2 Å². The minimum atomic E-state index is -0.936. The van der Waals surface area contributed by atoms with Crippen LogP contribution in [0.25, 0.3) is 0 Å². The Morgan fingerprint density at radius 1 is 0.939 bits per heavy atom. The zero-order chi connectivity index (χ0) is 24.1. The van der Waals surface area contributed by atoms with Gasteiger partial charge in [0, 0.05) is 0 Å². The number of hydrogen-bond donors (Lipinski definition) is 1. The van der Waals surface area contributed by atoms with Gasteiger partial charge in [0.25, 0.3) is 0 Å². The number of carbonyl (C=O) groups excluding carboxylic acids is 2. The number of alkyl carbamates (subject to hydrolysis) is 1. The van der Waals surface area contributed by atoms with Crippen LogP contribution < -0.4 is 5.32 Å². The third-order valence-corrected chi connectivity index (χ3v) is 4.28. The van der Waals surface area contributed by atoms with E-state index in [1.807, 2.05) is 60.7 Å². The lowest BCUT2D eigenvalue weighted by Crippen LogP contribution is -2.47. The summed E-state index contributed by atoms with van der Waals surface area (Å²) < 4.78 is 22.6. The number of ether oxygens (including phenoxy) is 4. The standard InChI is InChI=1S/C26H33NO6/c1-5-16-30-25(29)27-22(17-23(28)33-26(2,3)4)24(31-18-20-12-8-6-9-13-20)32-19-21-14-10-7-11-15-21/h5-15,22,24H,1,16-19H2,2-4H3,(H,27,29). The average molecular weight is 456 g/mol. The molecule has 0 aromatic heterocycles. The Kier molecular flexibility index (Phi) is 10.6. The molecule has 7 heteroatoms. The molecule has 2 aromatic carbocycles. The number of esters is 1. The van der Waals surface area contributed by atoms with E-state index in [9.17, 15) is 9.59 Å². The third-order valence-electron chi connectivity index (χ3n) is 4.28. The minimum absolute atomic E-state index is 0.0331. The molecule has 0 spiro atoms. The SMILES string of the molecule is C=CCOC(=O)NC(CC(=O)OC(C)(C)C)C(OCc1ccccc1)OCc1ccccc1. The molecular formula is C26H33NO6. The van der Waals surface area contributed by atoms with Gasteiger partial charge in [0.2, 0.25) is 0 Å². The monoisotopic (exact) mass is 455 g/mol. The van der Waals surface area contributed by atoms with Crippen molar-refractivity contribution in [2.75, 3.05) is 6.61 Å². The molecule has 0 heterocycles. The first-order valence-corrected chi connectivity index (χ1v) is 10.8. The first-order valence-electron chi connectivity index (χ1n) is 10.8. The molecule has 178 valence electrons. The van der Waals surface area contributed by atoms with Gasteiger partial charge in [-0.2, -0.15) is 0 Å². The summed E-state index contributed by atoms with van der Waals surface area (Å²) >= 11 is 0. The normalized spacial score (nSPS) is 12.1. The Hall–Kier alpha value is -3.16. The molecule has 7 nitrogen and oxygen atoms in total. The molecule has 0 radical (unpaired) electrons. The molecule has 0 aliphatic rings. The van der Waals surface area contributed by atoms with Crippen LogP contribution in [0.1, 0.15) is 38.3 Å². The molecule has 1 amide bonds. The van der Waals surface area contributed by atoms with Crippen LogP contribution in [-0.4, -0.2) is 36.6 Å². The Morgan fingerprint density at radius 2 is 1.45 bits per heavy atom. The van der Waals surface area contributed by atoms with Crippen LogP contribution in [0.3, 0.4) is 0 Å². The van der Waals surface area contributed by atoms with Gasteiger partial charge in [0.15, 0.2) is 6.29 Å². The average Bonchev–Trinajstić information content (AvgIpc) is 2.77. The maximum atomic E-state index is 12.6. The highest BCUT2D eigenvalue weighted by Crippen LogP contribution is 2.16. The highest BCUT2D eigenvalue weighted by molar-refractivity contribution is 5.73. The summed E-state index contributed by atoms with van der Waals surface area (Å²) in [6.07, 6.45) is -0.346. The molecule has 0 saturated heterocycles. The molecule has 1 atom stereocenters. The van der Waals surface area contributed by atoms with Gasteiger partial charge >= 0.3 is 12.1 Å². The summed E-state index contributed by atoms with van der Waals surface area (Å²) in [6, 6.07) is 18.3. The van der Waals surface area contributed by atoms with E-state index >= 15 is 0 Å². The van der Waals surface area contributed by atoms with Crippen LogP contribution in [-0.2, 0) is 37.0 Å². The quantitative estimate of drug-likeness (QED) is 0.282. The third kappa shape index (κ3) is 10.8. The molecule has 0 aliphatic carbocycles. The van der Waals surface area contributed by atoms with Crippen molar-refractivity contribution in [1.82, 2.24) is 5.32 Å². The van der Waals surface area contributed by atoms with Crippen LogP contribution in [0.2, 0.25) is 0 Å². The van der Waals surface area contributed by atoms with Crippen molar-refractivity contribution in [2.45, 2.75) is 58.3 Å². The van der Waals surface area contributed by atoms with Gasteiger partial charge in [-0.1, -0.05) is 73.3 Å². The van der Waals surface area contributed by atoms with E-state index in [2.05, 4.69) is 11.9 Å². The Balaban J connectivity index is 2.19. The van der Waals surface area contributed by atoms with Crippen LogP contribution >= 0.6 is 0 Å². The molecule has 0 saturated carbocycles. The fraction of sp³-hybridized carbons (Fsp3) is 0.385. The van der Waals surface area contributed by atoms with Crippen molar-refractivity contribution in [2.24, 2.45) is 0 Å². The summed E-state index contributed by atoms with van der Waals surface area (Å²) in [7, 11) is 0. The van der Waals surface area contributed by atoms with E-state index < -0.39 is 30.0 Å². The topological polar surface area (TPSA) is 83.1 Å². The minimum Gasteiger partial charge on any atom is -0.460 e. The Bertz CT molecular complexity index is 820. The van der Waals surface area contributed by atoms with E-state index in [0.717, 1.165) is 11.1 Å². The molecule has 2 aromatic rings. The van der Waals surface area contributed by atoms with E-state index in [-0.39, 0.29) is 26.2 Å². The van der Waals surface area contributed by atoms with Crippen LogP contribution in [0.4, 0.5) is 4.79 Å². The molecule has 0 aliphatic heterocycles. The zero-order valence-corrected chi connectivity index (χ0v) is 19.5. The summed E-state index contributed by atoms with van der Waals surface area (Å²) in [5.74, 6) is -0.492. The number of hydrogen-bond acceptors (Lipinski definition) is 6. The van der Waals surface area contributed by atoms with E-state index in [1.165, 1.54) is 6.08 Å². The smallest absolute Gasteiger partial charge is 0.407 e. The molecule has 1 N–H and O–H groups in total. The number of rotatable bonds is 12. The van der Waals surface area contributed by atoms with Crippen LogP contribution in [0.15, 0.2) is 73.3 Å². The predicted octanol–water partition coefficient (Wildman–Crippen LogP) is 4.76. The van der Waals surface area contributed by atoms with Crippen molar-refractivity contribution < 1.29 is 28.5 Å². The van der Waals surface area contributed by atoms with E-state index in [4.69, 9.17) is 18.9 Å². The molecule has 33 heavy (non-hydrogen) atoms. The fourth-order valence-electron chi connectivity index (χ4n) is 2.89. The van der Waals surface area contributed by atoms with Crippen LogP contribution in [0.5, 0.6) is 0 Å². The van der Waals surface area contributed by atoms with Crippen molar-refractivity contribution in [3.05, 3.63) is 84.4 Å². The highest BCUT2D eigenvalue weighted by atomic mass is 16.7. The summed E-state index contributed by atoms with van der Waals surface area (Å²) in [6.45, 7) is 9.36. The van der Waals surface area contributed by atoms with Gasteiger partial charge in [-0.15, -0.1) is 0 Å². The lowest BCUT2D eigenvalue weighted by atomic mass is 10.1. The van der Waals surface area contributed by atoms with Gasteiger partial charge in [0.05, 0.1) is 25.7 Å². The Labute approximate surface area is 195 Å². The highest BCUT2D eigenvalue weighted by Gasteiger charge is 2.30. The van der Waals surface area contributed by atoms with Crippen molar-refractivity contribution in [1.29, 1.82) is 0 Å². The van der Waals surface area contributed by atoms with Crippen molar-refractivity contribution in [3.8, 4) is 0 Å². The zero-order valence-electron chi connectivity index (χ0n) is 19.5. The van der Waals surface area contributed by atoms with E-state index in [1.54, 1.807) is 20.8 Å². The predicted molar refractivity (Wildman–Crippen MR) is 125 cm³/mol. The van der Waals surface area contributed by atoms with Gasteiger partial charge in [-0.3, -0.25) is 4.79 Å². The van der Waals surface area contributed by atoms with Gasteiger partial charge in [-0.25, -0.2) is 4.79 Å². The first kappa shape index (κ1) is 26.1. The second-order valence-electron chi connectivity index (χ2n) is 8.39. The van der Waals surface area contributed by atoms with Crippen molar-refractivity contribution in [3.63, 3.8) is 0 Å². The second-order valence-corrected chi connectivity index (χ2v) is 8.39. The molecule has 2 rings (SSSR count). The van der Waals surface area contributed by atoms with E-state index in [0.29, 0.717) is 0 Å². The Morgan fingerprint density at radius 3 is 1.91 bits per heavy atom. The van der Waals surface area contributed by atoms with Crippen molar-refractivity contribution >= 4 is 12.1 Å². The first-order chi connectivity index (χ1) is 15.8. The number of carbonyl (C=O) groups is 2. The van der Waals surface area contributed by atoms with Crippen LogP contribution in [0, 0.1) is 0 Å².